The van der Waals surface area contributed by atoms with Gasteiger partial charge in [-0.1, -0.05) is 36.4 Å². The molecule has 0 aliphatic carbocycles. The monoisotopic (exact) mass is 339 g/mol. The van der Waals surface area contributed by atoms with Crippen LogP contribution >= 0.6 is 12.2 Å². The Kier molecular flexibility index (Phi) is 6.98. The Morgan fingerprint density at radius 2 is 1.92 bits per heavy atom. The molecule has 1 atom stereocenters. The van der Waals surface area contributed by atoms with Gasteiger partial charge in [0.15, 0.2) is 5.11 Å². The minimum absolute atomic E-state index is 0.000641. The van der Waals surface area contributed by atoms with Crippen LogP contribution in [-0.2, 0) is 0 Å². The van der Waals surface area contributed by atoms with Crippen molar-refractivity contribution in [3.8, 4) is 5.75 Å². The average molecular weight is 339 g/mol. The van der Waals surface area contributed by atoms with Crippen molar-refractivity contribution < 1.29 is 4.74 Å². The Morgan fingerprint density at radius 3 is 2.58 bits per heavy atom. The van der Waals surface area contributed by atoms with Gasteiger partial charge >= 0.3 is 0 Å². The highest BCUT2D eigenvalue weighted by atomic mass is 32.1. The fourth-order valence-corrected chi connectivity index (χ4v) is 2.13. The predicted octanol–water partition coefficient (Wildman–Crippen LogP) is 3.81. The second-order valence-corrected chi connectivity index (χ2v) is 5.52. The van der Waals surface area contributed by atoms with Crippen molar-refractivity contribution >= 4 is 23.5 Å². The van der Waals surface area contributed by atoms with E-state index in [4.69, 9.17) is 17.0 Å². The van der Waals surface area contributed by atoms with E-state index in [9.17, 15) is 0 Å². The van der Waals surface area contributed by atoms with E-state index in [0.717, 1.165) is 16.9 Å². The third-order valence-corrected chi connectivity index (χ3v) is 3.48. The van der Waals surface area contributed by atoms with Crippen molar-refractivity contribution in [2.24, 2.45) is 5.10 Å². The topological polar surface area (TPSA) is 45.7 Å². The second kappa shape index (κ2) is 9.47. The number of nitrogens with zero attached hydrogens (tertiary/aromatic N) is 1. The number of thiocarbonyl (C=S) groups is 1. The molecule has 0 saturated carbocycles. The number of rotatable bonds is 7. The molecule has 0 saturated heterocycles. The summed E-state index contributed by atoms with van der Waals surface area (Å²) in [5.74, 6) is 0.819. The van der Waals surface area contributed by atoms with Crippen molar-refractivity contribution in [1.29, 1.82) is 0 Å². The number of hydrazone groups is 1. The van der Waals surface area contributed by atoms with Crippen LogP contribution in [0.1, 0.15) is 24.2 Å². The Labute approximate surface area is 148 Å². The van der Waals surface area contributed by atoms with Crippen LogP contribution in [0.5, 0.6) is 5.75 Å². The molecule has 2 aromatic carbocycles. The van der Waals surface area contributed by atoms with E-state index in [-0.39, 0.29) is 6.10 Å². The zero-order valence-corrected chi connectivity index (χ0v) is 14.4. The van der Waals surface area contributed by atoms with Gasteiger partial charge in [0.2, 0.25) is 0 Å². The number of hydrogen-bond acceptors (Lipinski definition) is 3. The number of ether oxygens (including phenoxy) is 1. The molecule has 24 heavy (non-hydrogen) atoms. The third kappa shape index (κ3) is 5.85. The summed E-state index contributed by atoms with van der Waals surface area (Å²) >= 11 is 5.05. The number of hydrogen-bond donors (Lipinski definition) is 2. The Morgan fingerprint density at radius 1 is 1.21 bits per heavy atom. The third-order valence-electron chi connectivity index (χ3n) is 3.25. The van der Waals surface area contributed by atoms with Crippen LogP contribution in [0.15, 0.2) is 72.4 Å². The predicted molar refractivity (Wildman–Crippen MR) is 103 cm³/mol. The smallest absolute Gasteiger partial charge is 0.187 e. The molecular weight excluding hydrogens is 318 g/mol. The van der Waals surface area contributed by atoms with Crippen LogP contribution in [0.25, 0.3) is 0 Å². The molecule has 0 heterocycles. The fourth-order valence-electron chi connectivity index (χ4n) is 2.00. The molecule has 0 aliphatic rings. The summed E-state index contributed by atoms with van der Waals surface area (Å²) in [7, 11) is 0. The summed E-state index contributed by atoms with van der Waals surface area (Å²) in [5, 5.41) is 7.47. The lowest BCUT2D eigenvalue weighted by molar-refractivity contribution is 0.227. The van der Waals surface area contributed by atoms with Crippen LogP contribution in [0.4, 0.5) is 0 Å². The lowest BCUT2D eigenvalue weighted by atomic mass is 10.1. The molecule has 0 spiro atoms. The summed E-state index contributed by atoms with van der Waals surface area (Å²) in [5.41, 5.74) is 4.84. The number of nitrogens with one attached hydrogen (secondary N) is 2. The standard InChI is InChI=1S/C19H21N3OS/c1-3-13-20-19(24)22-21-14-16-9-11-18(12-10-16)23-15(2)17-7-5-4-6-8-17/h3-12,14-15H,1,13H2,2H3,(H2,20,22,24). The molecule has 2 rings (SSSR count). The molecule has 0 fully saturated rings. The average Bonchev–Trinajstić information content (AvgIpc) is 2.62. The second-order valence-electron chi connectivity index (χ2n) is 5.11. The first-order chi connectivity index (χ1) is 11.7. The van der Waals surface area contributed by atoms with Crippen LogP contribution in [0.2, 0.25) is 0 Å². The van der Waals surface area contributed by atoms with E-state index >= 15 is 0 Å². The van der Waals surface area contributed by atoms with Crippen LogP contribution in [-0.4, -0.2) is 17.9 Å². The summed E-state index contributed by atoms with van der Waals surface area (Å²) < 4.78 is 5.94. The first-order valence-corrected chi connectivity index (χ1v) is 8.09. The van der Waals surface area contributed by atoms with Crippen molar-refractivity contribution in [2.45, 2.75) is 13.0 Å². The SMILES string of the molecule is C=CCNC(=S)NN=Cc1ccc(OC(C)c2ccccc2)cc1. The lowest BCUT2D eigenvalue weighted by Gasteiger charge is -2.15. The molecule has 0 radical (unpaired) electrons. The molecule has 2 N–H and O–H groups in total. The Bertz CT molecular complexity index is 684. The summed E-state index contributed by atoms with van der Waals surface area (Å²) in [4.78, 5) is 0. The Hall–Kier alpha value is -2.66. The van der Waals surface area contributed by atoms with E-state index in [1.807, 2.05) is 49.4 Å². The van der Waals surface area contributed by atoms with Crippen LogP contribution in [0.3, 0.4) is 0 Å². The van der Waals surface area contributed by atoms with E-state index in [0.29, 0.717) is 11.7 Å². The maximum absolute atomic E-state index is 5.94. The van der Waals surface area contributed by atoms with Crippen molar-refractivity contribution in [2.75, 3.05) is 6.54 Å². The van der Waals surface area contributed by atoms with Gasteiger partial charge in [-0.3, -0.25) is 5.43 Å². The highest BCUT2D eigenvalue weighted by molar-refractivity contribution is 7.80. The zero-order valence-electron chi connectivity index (χ0n) is 13.6. The van der Waals surface area contributed by atoms with Crippen molar-refractivity contribution in [3.05, 3.63) is 78.4 Å². The maximum Gasteiger partial charge on any atom is 0.187 e. The van der Waals surface area contributed by atoms with Crippen LogP contribution in [0, 0.1) is 0 Å². The summed E-state index contributed by atoms with van der Waals surface area (Å²) in [6.07, 6.45) is 3.43. The summed E-state index contributed by atoms with van der Waals surface area (Å²) in [6, 6.07) is 17.9. The molecule has 0 aliphatic heterocycles. The van der Waals surface area contributed by atoms with Gasteiger partial charge in [-0.25, -0.2) is 0 Å². The van der Waals surface area contributed by atoms with E-state index in [1.165, 1.54) is 0 Å². The minimum Gasteiger partial charge on any atom is -0.486 e. The van der Waals surface area contributed by atoms with Crippen LogP contribution < -0.4 is 15.5 Å². The number of benzene rings is 2. The highest BCUT2D eigenvalue weighted by Crippen LogP contribution is 2.21. The van der Waals surface area contributed by atoms with Crippen molar-refractivity contribution in [1.82, 2.24) is 10.7 Å². The molecule has 124 valence electrons. The van der Waals surface area contributed by atoms with Gasteiger partial charge in [-0.05, 0) is 54.5 Å². The van der Waals surface area contributed by atoms with Gasteiger partial charge in [0.1, 0.15) is 11.9 Å². The van der Waals surface area contributed by atoms with Gasteiger partial charge in [-0.15, -0.1) is 6.58 Å². The summed E-state index contributed by atoms with van der Waals surface area (Å²) in [6.45, 7) is 6.25. The molecular formula is C19H21N3OS. The van der Waals surface area contributed by atoms with Gasteiger partial charge < -0.3 is 10.1 Å². The minimum atomic E-state index is 0.000641. The molecule has 5 heteroatoms. The maximum atomic E-state index is 5.94. The fraction of sp³-hybridized carbons (Fsp3) is 0.158. The van der Waals surface area contributed by atoms with Crippen molar-refractivity contribution in [3.63, 3.8) is 0 Å². The first-order valence-electron chi connectivity index (χ1n) is 7.68. The molecule has 0 bridgehead atoms. The molecule has 1 unspecified atom stereocenters. The van der Waals surface area contributed by atoms with Gasteiger partial charge in [-0.2, -0.15) is 5.10 Å². The molecule has 0 amide bonds. The molecule has 0 aromatic heterocycles. The van der Waals surface area contributed by atoms with Gasteiger partial charge in [0.25, 0.3) is 0 Å². The Balaban J connectivity index is 1.86. The largest absolute Gasteiger partial charge is 0.486 e. The lowest BCUT2D eigenvalue weighted by Crippen LogP contribution is -2.31. The van der Waals surface area contributed by atoms with Gasteiger partial charge in [0, 0.05) is 6.54 Å². The molecule has 4 nitrogen and oxygen atoms in total. The van der Waals surface area contributed by atoms with Gasteiger partial charge in [0.05, 0.1) is 6.21 Å². The quantitative estimate of drug-likeness (QED) is 0.348. The van der Waals surface area contributed by atoms with E-state index < -0.39 is 0 Å². The van der Waals surface area contributed by atoms with E-state index in [1.54, 1.807) is 12.3 Å². The highest BCUT2D eigenvalue weighted by Gasteiger charge is 2.06. The zero-order chi connectivity index (χ0) is 17.2. The normalized spacial score (nSPS) is 11.7. The molecule has 2 aromatic rings. The first kappa shape index (κ1) is 17.7. The van der Waals surface area contributed by atoms with E-state index in [2.05, 4.69) is 34.6 Å².